The number of amides is 2. The SMILES string of the molecule is C[C@H](NC(=O)C1=NN(C)C(=O)CC1)c1ccc(F)cc1. The summed E-state index contributed by atoms with van der Waals surface area (Å²) in [5.41, 5.74) is 1.14. The van der Waals surface area contributed by atoms with Gasteiger partial charge in [-0.2, -0.15) is 5.10 Å². The summed E-state index contributed by atoms with van der Waals surface area (Å²) >= 11 is 0. The Balaban J connectivity index is 2.02. The van der Waals surface area contributed by atoms with E-state index in [4.69, 9.17) is 0 Å². The highest BCUT2D eigenvalue weighted by Crippen LogP contribution is 2.14. The smallest absolute Gasteiger partial charge is 0.267 e. The van der Waals surface area contributed by atoms with Crippen LogP contribution < -0.4 is 5.32 Å². The van der Waals surface area contributed by atoms with Crippen molar-refractivity contribution in [1.82, 2.24) is 10.3 Å². The highest BCUT2D eigenvalue weighted by molar-refractivity contribution is 6.39. The van der Waals surface area contributed by atoms with Gasteiger partial charge in [0.15, 0.2) is 0 Å². The van der Waals surface area contributed by atoms with Gasteiger partial charge in [0.05, 0.1) is 6.04 Å². The summed E-state index contributed by atoms with van der Waals surface area (Å²) < 4.78 is 12.8. The highest BCUT2D eigenvalue weighted by Gasteiger charge is 2.23. The molecular formula is C14H16FN3O2. The van der Waals surface area contributed by atoms with E-state index in [-0.39, 0.29) is 30.1 Å². The molecule has 1 aliphatic rings. The molecule has 0 aromatic heterocycles. The summed E-state index contributed by atoms with van der Waals surface area (Å²) in [7, 11) is 1.53. The molecule has 2 amide bonds. The Kier molecular flexibility index (Phi) is 4.12. The average molecular weight is 277 g/mol. The summed E-state index contributed by atoms with van der Waals surface area (Å²) in [6.45, 7) is 1.81. The lowest BCUT2D eigenvalue weighted by Gasteiger charge is -2.20. The second kappa shape index (κ2) is 5.81. The second-order valence-corrected chi connectivity index (χ2v) is 4.71. The van der Waals surface area contributed by atoms with Gasteiger partial charge in [0.1, 0.15) is 11.5 Å². The number of nitrogens with zero attached hydrogens (tertiary/aromatic N) is 2. The van der Waals surface area contributed by atoms with E-state index in [0.29, 0.717) is 12.1 Å². The van der Waals surface area contributed by atoms with Crippen LogP contribution >= 0.6 is 0 Å². The monoisotopic (exact) mass is 277 g/mol. The third-order valence-corrected chi connectivity index (χ3v) is 3.19. The minimum Gasteiger partial charge on any atom is -0.344 e. The fraction of sp³-hybridized carbons (Fsp3) is 0.357. The summed E-state index contributed by atoms with van der Waals surface area (Å²) in [5, 5.41) is 7.92. The standard InChI is InChI=1S/C14H16FN3O2/c1-9(10-3-5-11(15)6-4-10)16-14(20)12-7-8-13(19)18(2)17-12/h3-6,9H,7-8H2,1-2H3,(H,16,20)/t9-/m0/s1. The first kappa shape index (κ1) is 14.2. The molecule has 1 heterocycles. The molecule has 0 unspecified atom stereocenters. The third kappa shape index (κ3) is 3.20. The summed E-state index contributed by atoms with van der Waals surface area (Å²) in [4.78, 5) is 23.3. The van der Waals surface area contributed by atoms with Gasteiger partial charge < -0.3 is 5.32 Å². The first-order chi connectivity index (χ1) is 9.47. The van der Waals surface area contributed by atoms with E-state index in [1.54, 1.807) is 12.1 Å². The first-order valence-corrected chi connectivity index (χ1v) is 6.37. The normalized spacial score (nSPS) is 16.6. The van der Waals surface area contributed by atoms with Crippen molar-refractivity contribution in [1.29, 1.82) is 0 Å². The molecule has 0 radical (unpaired) electrons. The Labute approximate surface area is 116 Å². The number of hydrazone groups is 1. The Morgan fingerprint density at radius 1 is 1.35 bits per heavy atom. The van der Waals surface area contributed by atoms with Gasteiger partial charge in [-0.1, -0.05) is 12.1 Å². The molecule has 0 saturated carbocycles. The van der Waals surface area contributed by atoms with Crippen molar-refractivity contribution in [3.63, 3.8) is 0 Å². The third-order valence-electron chi connectivity index (χ3n) is 3.19. The molecule has 0 bridgehead atoms. The van der Waals surface area contributed by atoms with Gasteiger partial charge in [-0.3, -0.25) is 9.59 Å². The van der Waals surface area contributed by atoms with Crippen molar-refractivity contribution < 1.29 is 14.0 Å². The van der Waals surface area contributed by atoms with Crippen molar-refractivity contribution in [3.8, 4) is 0 Å². The average Bonchev–Trinajstić information content (AvgIpc) is 2.42. The molecule has 1 N–H and O–H groups in total. The summed E-state index contributed by atoms with van der Waals surface area (Å²) in [5.74, 6) is -0.724. The lowest BCUT2D eigenvalue weighted by Crippen LogP contribution is -2.38. The van der Waals surface area contributed by atoms with Gasteiger partial charge in [0.25, 0.3) is 5.91 Å². The van der Waals surface area contributed by atoms with Crippen LogP contribution in [-0.2, 0) is 9.59 Å². The van der Waals surface area contributed by atoms with E-state index >= 15 is 0 Å². The molecule has 20 heavy (non-hydrogen) atoms. The van der Waals surface area contributed by atoms with Gasteiger partial charge in [0, 0.05) is 19.9 Å². The van der Waals surface area contributed by atoms with Crippen LogP contribution in [0.1, 0.15) is 31.4 Å². The zero-order chi connectivity index (χ0) is 14.7. The molecule has 1 aromatic carbocycles. The van der Waals surface area contributed by atoms with E-state index in [0.717, 1.165) is 5.56 Å². The summed E-state index contributed by atoms with van der Waals surface area (Å²) in [6.07, 6.45) is 0.624. The quantitative estimate of drug-likeness (QED) is 0.912. The van der Waals surface area contributed by atoms with Gasteiger partial charge in [-0.15, -0.1) is 0 Å². The largest absolute Gasteiger partial charge is 0.344 e. The van der Waals surface area contributed by atoms with E-state index in [1.807, 2.05) is 6.92 Å². The number of benzene rings is 1. The van der Waals surface area contributed by atoms with Crippen LogP contribution in [0.3, 0.4) is 0 Å². The molecule has 106 valence electrons. The molecule has 0 saturated heterocycles. The van der Waals surface area contributed by atoms with Gasteiger partial charge in [-0.25, -0.2) is 9.40 Å². The van der Waals surface area contributed by atoms with E-state index < -0.39 is 0 Å². The van der Waals surface area contributed by atoms with E-state index in [2.05, 4.69) is 10.4 Å². The fourth-order valence-corrected chi connectivity index (χ4v) is 1.95. The molecular weight excluding hydrogens is 261 g/mol. The van der Waals surface area contributed by atoms with Crippen LogP contribution in [-0.4, -0.2) is 29.6 Å². The van der Waals surface area contributed by atoms with Crippen LogP contribution in [0.25, 0.3) is 0 Å². The Morgan fingerprint density at radius 3 is 2.60 bits per heavy atom. The first-order valence-electron chi connectivity index (χ1n) is 6.37. The molecule has 5 nitrogen and oxygen atoms in total. The van der Waals surface area contributed by atoms with Crippen LogP contribution in [0, 0.1) is 5.82 Å². The number of hydrogen-bond donors (Lipinski definition) is 1. The molecule has 0 fully saturated rings. The Hall–Kier alpha value is -2.24. The summed E-state index contributed by atoms with van der Waals surface area (Å²) in [6, 6.07) is 5.69. The maximum Gasteiger partial charge on any atom is 0.267 e. The number of carbonyl (C=O) groups is 2. The molecule has 1 atom stereocenters. The lowest BCUT2D eigenvalue weighted by molar-refractivity contribution is -0.130. The predicted molar refractivity (Wildman–Crippen MR) is 72.4 cm³/mol. The lowest BCUT2D eigenvalue weighted by atomic mass is 10.1. The number of halogens is 1. The minimum atomic E-state index is -0.316. The molecule has 2 rings (SSSR count). The molecule has 6 heteroatoms. The van der Waals surface area contributed by atoms with Crippen LogP contribution in [0.5, 0.6) is 0 Å². The predicted octanol–water partition coefficient (Wildman–Crippen LogP) is 1.61. The van der Waals surface area contributed by atoms with Gasteiger partial charge >= 0.3 is 0 Å². The van der Waals surface area contributed by atoms with Crippen molar-refractivity contribution in [2.75, 3.05) is 7.05 Å². The van der Waals surface area contributed by atoms with E-state index in [1.165, 1.54) is 24.2 Å². The van der Waals surface area contributed by atoms with Crippen LogP contribution in [0.15, 0.2) is 29.4 Å². The number of nitrogens with one attached hydrogen (secondary N) is 1. The van der Waals surface area contributed by atoms with Crippen molar-refractivity contribution >= 4 is 17.5 Å². The van der Waals surface area contributed by atoms with Gasteiger partial charge in [-0.05, 0) is 24.6 Å². The van der Waals surface area contributed by atoms with Gasteiger partial charge in [0.2, 0.25) is 5.91 Å². The number of rotatable bonds is 3. The molecule has 0 spiro atoms. The molecule has 1 aromatic rings. The van der Waals surface area contributed by atoms with Crippen LogP contribution in [0.2, 0.25) is 0 Å². The zero-order valence-electron chi connectivity index (χ0n) is 11.4. The van der Waals surface area contributed by atoms with Crippen LogP contribution in [0.4, 0.5) is 4.39 Å². The Morgan fingerprint density at radius 2 is 2.00 bits per heavy atom. The number of carbonyl (C=O) groups excluding carboxylic acids is 2. The van der Waals surface area contributed by atoms with Crippen molar-refractivity contribution in [3.05, 3.63) is 35.6 Å². The van der Waals surface area contributed by atoms with Crippen molar-refractivity contribution in [2.45, 2.75) is 25.8 Å². The maximum atomic E-state index is 12.8. The van der Waals surface area contributed by atoms with E-state index in [9.17, 15) is 14.0 Å². The fourth-order valence-electron chi connectivity index (χ4n) is 1.95. The number of hydrogen-bond acceptors (Lipinski definition) is 3. The second-order valence-electron chi connectivity index (χ2n) is 4.71. The minimum absolute atomic E-state index is 0.104. The maximum absolute atomic E-state index is 12.8. The zero-order valence-corrected chi connectivity index (χ0v) is 11.4. The van der Waals surface area contributed by atoms with Crippen molar-refractivity contribution in [2.24, 2.45) is 5.10 Å². The molecule has 1 aliphatic heterocycles. The Bertz CT molecular complexity index is 554. The molecule has 0 aliphatic carbocycles. The highest BCUT2D eigenvalue weighted by atomic mass is 19.1. The topological polar surface area (TPSA) is 61.8 Å².